The Morgan fingerprint density at radius 1 is 1.12 bits per heavy atom. The van der Waals surface area contributed by atoms with Gasteiger partial charge in [0.05, 0.1) is 6.54 Å². The van der Waals surface area contributed by atoms with Gasteiger partial charge >= 0.3 is 6.03 Å². The van der Waals surface area contributed by atoms with Gasteiger partial charge in [0.25, 0.3) is 5.56 Å². The lowest BCUT2D eigenvalue weighted by Gasteiger charge is -2.10. The Bertz CT molecular complexity index is 870. The van der Waals surface area contributed by atoms with E-state index in [2.05, 4.69) is 47.7 Å². The first-order valence-corrected chi connectivity index (χ1v) is 8.66. The van der Waals surface area contributed by atoms with E-state index < -0.39 is 0 Å². The summed E-state index contributed by atoms with van der Waals surface area (Å²) < 4.78 is 0. The quantitative estimate of drug-likeness (QED) is 0.801. The Labute approximate surface area is 147 Å². The van der Waals surface area contributed by atoms with Crippen molar-refractivity contribution >= 4 is 6.03 Å². The van der Waals surface area contributed by atoms with Crippen LogP contribution >= 0.6 is 0 Å². The summed E-state index contributed by atoms with van der Waals surface area (Å²) in [6, 6.07) is 8.33. The molecule has 2 atom stereocenters. The van der Waals surface area contributed by atoms with Gasteiger partial charge in [-0.15, -0.1) is 0 Å². The molecule has 1 aliphatic carbocycles. The van der Waals surface area contributed by atoms with Crippen molar-refractivity contribution in [2.75, 3.05) is 0 Å². The lowest BCUT2D eigenvalue weighted by molar-refractivity contribution is 0.240. The Kier molecular flexibility index (Phi) is 4.66. The molecule has 1 aromatic carbocycles. The molecule has 0 bridgehead atoms. The lowest BCUT2D eigenvalue weighted by atomic mass is 10.0. The lowest BCUT2D eigenvalue weighted by Crippen LogP contribution is -2.38. The van der Waals surface area contributed by atoms with Gasteiger partial charge in [-0.1, -0.05) is 18.2 Å². The number of carbonyl (C=O) groups is 1. The molecule has 3 rings (SSSR count). The van der Waals surface area contributed by atoms with Gasteiger partial charge in [0.2, 0.25) is 0 Å². The van der Waals surface area contributed by atoms with Crippen LogP contribution in [0, 0.1) is 27.7 Å². The third kappa shape index (κ3) is 3.92. The maximum absolute atomic E-state index is 12.1. The highest BCUT2D eigenvalue weighted by atomic mass is 16.2. The minimum absolute atomic E-state index is 0.141. The van der Waals surface area contributed by atoms with Gasteiger partial charge in [0, 0.05) is 23.2 Å². The predicted octanol–water partition coefficient (Wildman–Crippen LogP) is 2.96. The number of H-pyrrole nitrogens is 1. The van der Waals surface area contributed by atoms with Crippen molar-refractivity contribution in [1.29, 1.82) is 0 Å². The molecule has 5 nitrogen and oxygen atoms in total. The molecule has 0 spiro atoms. The molecule has 1 fully saturated rings. The maximum atomic E-state index is 12.1. The van der Waals surface area contributed by atoms with Crippen LogP contribution < -0.4 is 16.2 Å². The first-order valence-electron chi connectivity index (χ1n) is 8.66. The highest BCUT2D eigenvalue weighted by Crippen LogP contribution is 2.41. The minimum atomic E-state index is -0.226. The number of pyridine rings is 1. The Morgan fingerprint density at radius 3 is 2.56 bits per heavy atom. The van der Waals surface area contributed by atoms with Gasteiger partial charge in [-0.25, -0.2) is 4.79 Å². The van der Waals surface area contributed by atoms with E-state index in [1.165, 1.54) is 16.7 Å². The Hall–Kier alpha value is -2.56. The number of benzene rings is 1. The van der Waals surface area contributed by atoms with E-state index in [0.717, 1.165) is 17.7 Å². The zero-order valence-corrected chi connectivity index (χ0v) is 15.2. The minimum Gasteiger partial charge on any atom is -0.335 e. The molecule has 1 heterocycles. The molecule has 2 amide bonds. The van der Waals surface area contributed by atoms with Crippen LogP contribution in [0.15, 0.2) is 29.1 Å². The number of hydrogen-bond acceptors (Lipinski definition) is 2. The van der Waals surface area contributed by atoms with Gasteiger partial charge in [-0.3, -0.25) is 4.79 Å². The van der Waals surface area contributed by atoms with Crippen LogP contribution in [0.4, 0.5) is 4.79 Å². The van der Waals surface area contributed by atoms with E-state index in [4.69, 9.17) is 0 Å². The average molecular weight is 339 g/mol. The number of aryl methyl sites for hydroxylation is 4. The molecule has 0 aliphatic heterocycles. The van der Waals surface area contributed by atoms with Crippen LogP contribution in [-0.2, 0) is 6.54 Å². The largest absolute Gasteiger partial charge is 0.335 e. The Morgan fingerprint density at radius 2 is 1.88 bits per heavy atom. The summed E-state index contributed by atoms with van der Waals surface area (Å²) in [6.45, 7) is 8.17. The van der Waals surface area contributed by atoms with E-state index in [9.17, 15) is 9.59 Å². The fraction of sp³-hybridized carbons (Fsp3) is 0.400. The molecular weight excluding hydrogens is 314 g/mol. The van der Waals surface area contributed by atoms with Crippen LogP contribution in [0.2, 0.25) is 0 Å². The second-order valence-electron chi connectivity index (χ2n) is 7.06. The Balaban J connectivity index is 1.54. The van der Waals surface area contributed by atoms with E-state index in [1.54, 1.807) is 0 Å². The molecule has 2 unspecified atom stereocenters. The summed E-state index contributed by atoms with van der Waals surface area (Å²) in [4.78, 5) is 26.9. The van der Waals surface area contributed by atoms with Crippen LogP contribution in [0.25, 0.3) is 0 Å². The number of carbonyl (C=O) groups excluding carboxylic acids is 1. The second kappa shape index (κ2) is 6.75. The van der Waals surface area contributed by atoms with E-state index in [-0.39, 0.29) is 24.2 Å². The van der Waals surface area contributed by atoms with Crippen LogP contribution in [-0.4, -0.2) is 17.1 Å². The topological polar surface area (TPSA) is 74.0 Å². The molecule has 5 heteroatoms. The highest BCUT2D eigenvalue weighted by Gasteiger charge is 2.39. The first kappa shape index (κ1) is 17.3. The fourth-order valence-electron chi connectivity index (χ4n) is 3.21. The third-order valence-electron chi connectivity index (χ3n) is 4.99. The summed E-state index contributed by atoms with van der Waals surface area (Å²) in [5, 5.41) is 5.79. The van der Waals surface area contributed by atoms with Gasteiger partial charge in [-0.05, 0) is 62.4 Å². The molecule has 132 valence electrons. The summed E-state index contributed by atoms with van der Waals surface area (Å²) in [6.07, 6.45) is 0.958. The van der Waals surface area contributed by atoms with Crippen molar-refractivity contribution in [1.82, 2.24) is 15.6 Å². The zero-order chi connectivity index (χ0) is 18.1. The first-order chi connectivity index (χ1) is 11.8. The molecule has 0 radical (unpaired) electrons. The van der Waals surface area contributed by atoms with E-state index in [1.807, 2.05) is 19.9 Å². The van der Waals surface area contributed by atoms with Gasteiger partial charge in [-0.2, -0.15) is 0 Å². The smallest absolute Gasteiger partial charge is 0.315 e. The molecule has 0 saturated heterocycles. The van der Waals surface area contributed by atoms with Crippen LogP contribution in [0.5, 0.6) is 0 Å². The molecule has 1 aliphatic rings. The van der Waals surface area contributed by atoms with Crippen molar-refractivity contribution < 1.29 is 4.79 Å². The monoisotopic (exact) mass is 339 g/mol. The summed E-state index contributed by atoms with van der Waals surface area (Å²) in [7, 11) is 0. The third-order valence-corrected chi connectivity index (χ3v) is 4.99. The highest BCUT2D eigenvalue weighted by molar-refractivity contribution is 5.75. The second-order valence-corrected chi connectivity index (χ2v) is 7.06. The number of hydrogen-bond donors (Lipinski definition) is 3. The number of aromatic nitrogens is 1. The van der Waals surface area contributed by atoms with E-state index in [0.29, 0.717) is 11.5 Å². The molecule has 3 N–H and O–H groups in total. The predicted molar refractivity (Wildman–Crippen MR) is 99.0 cm³/mol. The molecule has 1 aromatic heterocycles. The van der Waals surface area contributed by atoms with Gasteiger partial charge in [0.15, 0.2) is 0 Å². The van der Waals surface area contributed by atoms with Crippen molar-refractivity contribution in [2.45, 2.75) is 52.6 Å². The van der Waals surface area contributed by atoms with Gasteiger partial charge in [0.1, 0.15) is 0 Å². The number of nitrogens with one attached hydrogen (secondary N) is 3. The maximum Gasteiger partial charge on any atom is 0.315 e. The summed E-state index contributed by atoms with van der Waals surface area (Å²) in [5.41, 5.74) is 6.01. The van der Waals surface area contributed by atoms with Crippen LogP contribution in [0.1, 0.15) is 45.8 Å². The van der Waals surface area contributed by atoms with Gasteiger partial charge < -0.3 is 15.6 Å². The zero-order valence-electron chi connectivity index (χ0n) is 15.2. The normalized spacial score (nSPS) is 18.7. The number of urea groups is 1. The molecular formula is C20H25N3O2. The number of rotatable bonds is 4. The van der Waals surface area contributed by atoms with Crippen molar-refractivity contribution in [2.24, 2.45) is 0 Å². The van der Waals surface area contributed by atoms with E-state index >= 15 is 0 Å². The summed E-state index contributed by atoms with van der Waals surface area (Å²) >= 11 is 0. The van der Waals surface area contributed by atoms with Crippen LogP contribution in [0.3, 0.4) is 0 Å². The average Bonchev–Trinajstić information content (AvgIpc) is 3.28. The van der Waals surface area contributed by atoms with Crippen molar-refractivity contribution in [3.63, 3.8) is 0 Å². The van der Waals surface area contributed by atoms with Crippen molar-refractivity contribution in [3.05, 3.63) is 68.1 Å². The molecule has 2 aromatic rings. The van der Waals surface area contributed by atoms with Crippen molar-refractivity contribution in [3.8, 4) is 0 Å². The number of aromatic amines is 1. The molecule has 1 saturated carbocycles. The summed E-state index contributed by atoms with van der Waals surface area (Å²) in [5.74, 6) is 0.384. The number of amides is 2. The standard InChI is InChI=1S/C20H25N3O2/c1-11-5-6-15(8-12(11)2)16-9-18(16)23-20(25)21-10-17-13(3)7-14(4)22-19(17)24/h5-8,16,18H,9-10H2,1-4H3,(H,22,24)(H2,21,23,25). The SMILES string of the molecule is Cc1cc(C)c(CNC(=O)NC2CC2c2ccc(C)c(C)c2)c(=O)[nH]1. The fourth-order valence-corrected chi connectivity index (χ4v) is 3.21. The molecule has 25 heavy (non-hydrogen) atoms.